The van der Waals surface area contributed by atoms with Crippen molar-refractivity contribution >= 4 is 5.82 Å². The number of aromatic nitrogens is 2. The molecule has 0 N–H and O–H groups in total. The highest BCUT2D eigenvalue weighted by Crippen LogP contribution is 2.23. The summed E-state index contributed by atoms with van der Waals surface area (Å²) in [5, 5.41) is 17.5. The molecule has 1 aliphatic heterocycles. The Hall–Kier alpha value is -1.89. The third-order valence-electron chi connectivity index (χ3n) is 3.28. The maximum Gasteiger partial charge on any atom is 0.169 e. The fraction of sp³-hybridized carbons (Fsp3) is 0.462. The average molecular weight is 228 g/mol. The van der Waals surface area contributed by atoms with Crippen LogP contribution in [0.25, 0.3) is 0 Å². The van der Waals surface area contributed by atoms with E-state index in [4.69, 9.17) is 0 Å². The summed E-state index contributed by atoms with van der Waals surface area (Å²) in [4.78, 5) is 2.12. The van der Waals surface area contributed by atoms with Gasteiger partial charge in [0.1, 0.15) is 11.6 Å². The second-order valence-electron chi connectivity index (χ2n) is 4.47. The third kappa shape index (κ3) is 2.14. The summed E-state index contributed by atoms with van der Waals surface area (Å²) in [6.07, 6.45) is 3.21. The van der Waals surface area contributed by atoms with Crippen LogP contribution in [0.4, 0.5) is 5.82 Å². The third-order valence-corrected chi connectivity index (χ3v) is 3.28. The van der Waals surface area contributed by atoms with Crippen LogP contribution in [-0.4, -0.2) is 23.3 Å². The first kappa shape index (κ1) is 11.6. The molecule has 0 spiro atoms. The van der Waals surface area contributed by atoms with Gasteiger partial charge in [0, 0.05) is 13.1 Å². The predicted octanol–water partition coefficient (Wildman–Crippen LogP) is 2.12. The van der Waals surface area contributed by atoms with Crippen LogP contribution in [-0.2, 0) is 0 Å². The standard InChI is InChI=1S/C13H16N4/c1-9-4-6-17(7-5-9)13-12(8-14)10(2)11(3)15-16-13/h4H,5-7H2,1-3H3. The molecule has 17 heavy (non-hydrogen) atoms. The predicted molar refractivity (Wildman–Crippen MR) is 66.8 cm³/mol. The highest BCUT2D eigenvalue weighted by atomic mass is 15.3. The Balaban J connectivity index is 2.40. The minimum Gasteiger partial charge on any atom is -0.350 e. The molecule has 1 aliphatic rings. The zero-order valence-electron chi connectivity index (χ0n) is 10.5. The average Bonchev–Trinajstić information content (AvgIpc) is 2.34. The molecule has 2 rings (SSSR count). The second-order valence-corrected chi connectivity index (χ2v) is 4.47. The van der Waals surface area contributed by atoms with Crippen molar-refractivity contribution in [1.29, 1.82) is 5.26 Å². The molecule has 0 radical (unpaired) electrons. The summed E-state index contributed by atoms with van der Waals surface area (Å²) in [5.74, 6) is 0.722. The van der Waals surface area contributed by atoms with Crippen LogP contribution in [0.3, 0.4) is 0 Å². The molecule has 88 valence electrons. The van der Waals surface area contributed by atoms with Crippen LogP contribution < -0.4 is 4.90 Å². The second kappa shape index (κ2) is 4.54. The molecule has 0 saturated carbocycles. The number of hydrogen-bond acceptors (Lipinski definition) is 4. The Bertz CT molecular complexity index is 511. The van der Waals surface area contributed by atoms with Gasteiger partial charge in [0.2, 0.25) is 0 Å². The van der Waals surface area contributed by atoms with Crippen LogP contribution in [0.2, 0.25) is 0 Å². The number of nitrogens with zero attached hydrogens (tertiary/aromatic N) is 4. The van der Waals surface area contributed by atoms with E-state index in [1.54, 1.807) is 0 Å². The Morgan fingerprint density at radius 1 is 1.29 bits per heavy atom. The highest BCUT2D eigenvalue weighted by molar-refractivity contribution is 5.58. The summed E-state index contributed by atoms with van der Waals surface area (Å²) in [7, 11) is 0. The Morgan fingerprint density at radius 2 is 2.06 bits per heavy atom. The molecule has 0 fully saturated rings. The number of hydrogen-bond donors (Lipinski definition) is 0. The normalized spacial score (nSPS) is 15.4. The van der Waals surface area contributed by atoms with Gasteiger partial charge in [0.05, 0.1) is 5.69 Å². The smallest absolute Gasteiger partial charge is 0.169 e. The number of nitriles is 1. The Kier molecular flexibility index (Phi) is 3.10. The molecule has 4 nitrogen and oxygen atoms in total. The van der Waals surface area contributed by atoms with Crippen molar-refractivity contribution in [2.45, 2.75) is 27.2 Å². The van der Waals surface area contributed by atoms with Crippen LogP contribution in [0.1, 0.15) is 30.2 Å². The monoisotopic (exact) mass is 228 g/mol. The number of rotatable bonds is 1. The lowest BCUT2D eigenvalue weighted by molar-refractivity contribution is 0.758. The molecule has 0 unspecified atom stereocenters. The zero-order valence-corrected chi connectivity index (χ0v) is 10.5. The zero-order chi connectivity index (χ0) is 12.4. The fourth-order valence-electron chi connectivity index (χ4n) is 1.91. The maximum atomic E-state index is 9.25. The van der Waals surface area contributed by atoms with Crippen molar-refractivity contribution < 1.29 is 0 Å². The molecule has 1 aromatic heterocycles. The summed E-state index contributed by atoms with van der Waals surface area (Å²) >= 11 is 0. The topological polar surface area (TPSA) is 52.8 Å². The van der Waals surface area contributed by atoms with E-state index < -0.39 is 0 Å². The van der Waals surface area contributed by atoms with E-state index in [2.05, 4.69) is 34.2 Å². The quantitative estimate of drug-likeness (QED) is 0.691. The minimum atomic E-state index is 0.658. The molecular weight excluding hydrogens is 212 g/mol. The summed E-state index contributed by atoms with van der Waals surface area (Å²) in [5.41, 5.74) is 3.82. The lowest BCUT2D eigenvalue weighted by atomic mass is 10.1. The van der Waals surface area contributed by atoms with Crippen molar-refractivity contribution in [2.75, 3.05) is 18.0 Å². The van der Waals surface area contributed by atoms with Crippen molar-refractivity contribution in [3.8, 4) is 6.07 Å². The van der Waals surface area contributed by atoms with Crippen molar-refractivity contribution in [3.05, 3.63) is 28.5 Å². The van der Waals surface area contributed by atoms with Gasteiger partial charge in [0.15, 0.2) is 5.82 Å². The summed E-state index contributed by atoms with van der Waals surface area (Å²) in [6, 6.07) is 2.25. The van der Waals surface area contributed by atoms with Crippen LogP contribution in [0.5, 0.6) is 0 Å². The SMILES string of the molecule is CC1=CCN(c2nnc(C)c(C)c2C#N)CC1. The van der Waals surface area contributed by atoms with Gasteiger partial charge in [-0.2, -0.15) is 10.4 Å². The molecule has 0 aromatic carbocycles. The molecular formula is C13H16N4. The molecule has 2 heterocycles. The molecule has 0 amide bonds. The van der Waals surface area contributed by atoms with E-state index in [-0.39, 0.29) is 0 Å². The van der Waals surface area contributed by atoms with Gasteiger partial charge in [-0.1, -0.05) is 11.6 Å². The van der Waals surface area contributed by atoms with Gasteiger partial charge >= 0.3 is 0 Å². The van der Waals surface area contributed by atoms with E-state index in [1.807, 2.05) is 13.8 Å². The van der Waals surface area contributed by atoms with E-state index in [0.29, 0.717) is 5.56 Å². The van der Waals surface area contributed by atoms with Gasteiger partial charge in [-0.3, -0.25) is 0 Å². The van der Waals surface area contributed by atoms with E-state index >= 15 is 0 Å². The Labute approximate surface area is 102 Å². The largest absolute Gasteiger partial charge is 0.350 e. The van der Waals surface area contributed by atoms with Gasteiger partial charge in [-0.25, -0.2) is 0 Å². The fourth-order valence-corrected chi connectivity index (χ4v) is 1.91. The van der Waals surface area contributed by atoms with Gasteiger partial charge in [-0.15, -0.1) is 5.10 Å². The van der Waals surface area contributed by atoms with Crippen LogP contribution in [0, 0.1) is 25.2 Å². The van der Waals surface area contributed by atoms with Crippen molar-refractivity contribution in [1.82, 2.24) is 10.2 Å². The first-order valence-corrected chi connectivity index (χ1v) is 5.78. The first-order chi connectivity index (χ1) is 8.13. The van der Waals surface area contributed by atoms with E-state index in [9.17, 15) is 5.26 Å². The molecule has 0 atom stereocenters. The number of anilines is 1. The molecule has 0 aliphatic carbocycles. The lowest BCUT2D eigenvalue weighted by Gasteiger charge is -2.27. The van der Waals surface area contributed by atoms with Crippen LogP contribution >= 0.6 is 0 Å². The highest BCUT2D eigenvalue weighted by Gasteiger charge is 2.18. The van der Waals surface area contributed by atoms with Gasteiger partial charge in [-0.05, 0) is 32.8 Å². The van der Waals surface area contributed by atoms with Crippen molar-refractivity contribution in [3.63, 3.8) is 0 Å². The molecule has 4 heteroatoms. The number of aryl methyl sites for hydroxylation is 1. The molecule has 0 bridgehead atoms. The first-order valence-electron chi connectivity index (χ1n) is 5.78. The molecule has 1 aromatic rings. The summed E-state index contributed by atoms with van der Waals surface area (Å²) < 4.78 is 0. The van der Waals surface area contributed by atoms with Gasteiger partial charge in [0.25, 0.3) is 0 Å². The van der Waals surface area contributed by atoms with Crippen molar-refractivity contribution in [2.24, 2.45) is 0 Å². The molecule has 0 saturated heterocycles. The Morgan fingerprint density at radius 3 is 2.65 bits per heavy atom. The van der Waals surface area contributed by atoms with E-state index in [0.717, 1.165) is 36.6 Å². The maximum absolute atomic E-state index is 9.25. The minimum absolute atomic E-state index is 0.658. The lowest BCUT2D eigenvalue weighted by Crippen LogP contribution is -2.30. The van der Waals surface area contributed by atoms with Crippen LogP contribution in [0.15, 0.2) is 11.6 Å². The summed E-state index contributed by atoms with van der Waals surface area (Å²) in [6.45, 7) is 7.67. The van der Waals surface area contributed by atoms with Gasteiger partial charge < -0.3 is 4.90 Å². The van der Waals surface area contributed by atoms with E-state index in [1.165, 1.54) is 5.57 Å².